The van der Waals surface area contributed by atoms with E-state index in [4.69, 9.17) is 5.84 Å². The number of hydrazone groups is 1. The van der Waals surface area contributed by atoms with E-state index in [1.807, 2.05) is 0 Å². The molecule has 2 N–H and O–H groups in total. The number of hydrogen-bond acceptors (Lipinski definition) is 2. The van der Waals surface area contributed by atoms with Crippen LogP contribution in [0.3, 0.4) is 0 Å². The summed E-state index contributed by atoms with van der Waals surface area (Å²) in [5, 5.41) is 3.38. The van der Waals surface area contributed by atoms with Gasteiger partial charge >= 0.3 is 0 Å². The molecule has 48 valence electrons. The SMILES string of the molecule is CCCCC/C=N/N. The second-order valence-corrected chi connectivity index (χ2v) is 1.83. The molecule has 2 nitrogen and oxygen atoms in total. The summed E-state index contributed by atoms with van der Waals surface area (Å²) >= 11 is 0. The quantitative estimate of drug-likeness (QED) is 0.256. The van der Waals surface area contributed by atoms with Crippen molar-refractivity contribution in [3.63, 3.8) is 0 Å². The van der Waals surface area contributed by atoms with Gasteiger partial charge in [0.15, 0.2) is 0 Å². The van der Waals surface area contributed by atoms with Crippen molar-refractivity contribution < 1.29 is 0 Å². The minimum atomic E-state index is 1.03. The number of nitrogens with two attached hydrogens (primary N) is 1. The number of nitrogens with zero attached hydrogens (tertiary/aromatic N) is 1. The topological polar surface area (TPSA) is 38.4 Å². The molecule has 0 atom stereocenters. The Hall–Kier alpha value is -0.530. The molecule has 0 amide bonds. The first-order chi connectivity index (χ1) is 3.91. The molecule has 0 rings (SSSR count). The highest BCUT2D eigenvalue weighted by atomic mass is 15.1. The van der Waals surface area contributed by atoms with E-state index in [2.05, 4.69) is 12.0 Å². The molecule has 0 heterocycles. The van der Waals surface area contributed by atoms with E-state index >= 15 is 0 Å². The van der Waals surface area contributed by atoms with Gasteiger partial charge < -0.3 is 5.84 Å². The van der Waals surface area contributed by atoms with Crippen molar-refractivity contribution in [2.75, 3.05) is 0 Å². The van der Waals surface area contributed by atoms with Gasteiger partial charge in [-0.25, -0.2) is 0 Å². The number of unbranched alkanes of at least 4 members (excludes halogenated alkanes) is 3. The van der Waals surface area contributed by atoms with Crippen molar-refractivity contribution in [3.8, 4) is 0 Å². The fourth-order valence-electron chi connectivity index (χ4n) is 0.560. The van der Waals surface area contributed by atoms with Gasteiger partial charge in [-0.1, -0.05) is 19.8 Å². The summed E-state index contributed by atoms with van der Waals surface area (Å²) in [5.74, 6) is 4.88. The minimum Gasteiger partial charge on any atom is -0.324 e. The van der Waals surface area contributed by atoms with Gasteiger partial charge in [0, 0.05) is 6.21 Å². The Labute approximate surface area is 50.8 Å². The van der Waals surface area contributed by atoms with Gasteiger partial charge in [-0.05, 0) is 12.8 Å². The van der Waals surface area contributed by atoms with Crippen molar-refractivity contribution in [2.45, 2.75) is 32.6 Å². The highest BCUT2D eigenvalue weighted by Crippen LogP contribution is 1.95. The Bertz CT molecular complexity index is 59.5. The number of hydrogen-bond donors (Lipinski definition) is 1. The second kappa shape index (κ2) is 6.47. The Morgan fingerprint density at radius 3 is 2.75 bits per heavy atom. The molecule has 0 saturated heterocycles. The summed E-state index contributed by atoms with van der Waals surface area (Å²) in [6.45, 7) is 2.18. The van der Waals surface area contributed by atoms with Crippen LogP contribution < -0.4 is 5.84 Å². The molecule has 0 aliphatic heterocycles. The van der Waals surface area contributed by atoms with Crippen molar-refractivity contribution in [1.29, 1.82) is 0 Å². The molecule has 0 aliphatic carbocycles. The van der Waals surface area contributed by atoms with E-state index < -0.39 is 0 Å². The van der Waals surface area contributed by atoms with Crippen LogP contribution in [-0.4, -0.2) is 6.21 Å². The maximum atomic E-state index is 4.88. The van der Waals surface area contributed by atoms with E-state index in [1.54, 1.807) is 6.21 Å². The van der Waals surface area contributed by atoms with E-state index in [-0.39, 0.29) is 0 Å². The van der Waals surface area contributed by atoms with Crippen molar-refractivity contribution in [2.24, 2.45) is 10.9 Å². The lowest BCUT2D eigenvalue weighted by molar-refractivity contribution is 0.745. The molecule has 0 unspecified atom stereocenters. The second-order valence-electron chi connectivity index (χ2n) is 1.83. The maximum absolute atomic E-state index is 4.88. The lowest BCUT2D eigenvalue weighted by atomic mass is 10.2. The zero-order valence-electron chi connectivity index (χ0n) is 5.43. The van der Waals surface area contributed by atoms with Gasteiger partial charge in [-0.15, -0.1) is 0 Å². The van der Waals surface area contributed by atoms with Gasteiger partial charge in [-0.2, -0.15) is 5.10 Å². The van der Waals surface area contributed by atoms with E-state index in [0.29, 0.717) is 0 Å². The Balaban J connectivity index is 2.72. The smallest absolute Gasteiger partial charge is 0.0240 e. The highest BCUT2D eigenvalue weighted by Gasteiger charge is 1.79. The molecule has 8 heavy (non-hydrogen) atoms. The third-order valence-corrected chi connectivity index (χ3v) is 1.04. The monoisotopic (exact) mass is 114 g/mol. The highest BCUT2D eigenvalue weighted by molar-refractivity contribution is 5.56. The molecule has 0 aromatic heterocycles. The molecule has 0 aromatic rings. The molecule has 0 aliphatic rings. The first-order valence-corrected chi connectivity index (χ1v) is 3.13. The largest absolute Gasteiger partial charge is 0.324 e. The Morgan fingerprint density at radius 1 is 1.50 bits per heavy atom. The van der Waals surface area contributed by atoms with Gasteiger partial charge in [-0.3, -0.25) is 0 Å². The third-order valence-electron chi connectivity index (χ3n) is 1.04. The number of rotatable bonds is 4. The van der Waals surface area contributed by atoms with Crippen molar-refractivity contribution >= 4 is 6.21 Å². The summed E-state index contributed by atoms with van der Waals surface area (Å²) < 4.78 is 0. The summed E-state index contributed by atoms with van der Waals surface area (Å²) in [6, 6.07) is 0. The molecular weight excluding hydrogens is 100 g/mol. The van der Waals surface area contributed by atoms with Crippen molar-refractivity contribution in [1.82, 2.24) is 0 Å². The summed E-state index contributed by atoms with van der Waals surface area (Å²) in [6.07, 6.45) is 6.56. The molecular formula is C6H14N2. The van der Waals surface area contributed by atoms with Gasteiger partial charge in [0.2, 0.25) is 0 Å². The van der Waals surface area contributed by atoms with Crippen LogP contribution in [-0.2, 0) is 0 Å². The zero-order chi connectivity index (χ0) is 6.24. The van der Waals surface area contributed by atoms with Crippen LogP contribution in [0.25, 0.3) is 0 Å². The van der Waals surface area contributed by atoms with Crippen molar-refractivity contribution in [3.05, 3.63) is 0 Å². The van der Waals surface area contributed by atoms with E-state index in [0.717, 1.165) is 6.42 Å². The van der Waals surface area contributed by atoms with Crippen LogP contribution in [0.4, 0.5) is 0 Å². The lowest BCUT2D eigenvalue weighted by Gasteiger charge is -1.88. The van der Waals surface area contributed by atoms with E-state index in [9.17, 15) is 0 Å². The molecule has 0 saturated carbocycles. The Morgan fingerprint density at radius 2 is 2.25 bits per heavy atom. The predicted octanol–water partition coefficient (Wildman–Crippen LogP) is 1.51. The van der Waals surface area contributed by atoms with Crippen LogP contribution in [0.5, 0.6) is 0 Å². The summed E-state index contributed by atoms with van der Waals surface area (Å²) in [5.41, 5.74) is 0. The lowest BCUT2D eigenvalue weighted by Crippen LogP contribution is -1.82. The first kappa shape index (κ1) is 7.47. The van der Waals surface area contributed by atoms with Crippen LogP contribution in [0, 0.1) is 0 Å². The van der Waals surface area contributed by atoms with Gasteiger partial charge in [0.25, 0.3) is 0 Å². The normalized spacial score (nSPS) is 10.6. The average Bonchev–Trinajstić information content (AvgIpc) is 1.81. The van der Waals surface area contributed by atoms with Crippen LogP contribution in [0.2, 0.25) is 0 Å². The van der Waals surface area contributed by atoms with E-state index in [1.165, 1.54) is 19.3 Å². The van der Waals surface area contributed by atoms with Gasteiger partial charge in [0.05, 0.1) is 0 Å². The fourth-order valence-corrected chi connectivity index (χ4v) is 0.560. The average molecular weight is 114 g/mol. The predicted molar refractivity (Wildman–Crippen MR) is 36.8 cm³/mol. The maximum Gasteiger partial charge on any atom is 0.0240 e. The Kier molecular flexibility index (Phi) is 6.04. The third kappa shape index (κ3) is 5.47. The summed E-state index contributed by atoms with van der Waals surface area (Å²) in [4.78, 5) is 0. The standard InChI is InChI=1S/C6H14N2/c1-2-3-4-5-6-8-7/h6H,2-5,7H2,1H3/b8-6+. The summed E-state index contributed by atoms with van der Waals surface area (Å²) in [7, 11) is 0. The molecule has 0 spiro atoms. The van der Waals surface area contributed by atoms with Crippen LogP contribution >= 0.6 is 0 Å². The molecule has 0 bridgehead atoms. The fraction of sp³-hybridized carbons (Fsp3) is 0.833. The first-order valence-electron chi connectivity index (χ1n) is 3.13. The molecule has 0 fully saturated rings. The molecule has 0 radical (unpaired) electrons. The zero-order valence-corrected chi connectivity index (χ0v) is 5.43. The van der Waals surface area contributed by atoms with Gasteiger partial charge in [0.1, 0.15) is 0 Å². The minimum absolute atomic E-state index is 1.03. The van der Waals surface area contributed by atoms with Crippen LogP contribution in [0.1, 0.15) is 32.6 Å². The molecule has 2 heteroatoms. The van der Waals surface area contributed by atoms with Crippen LogP contribution in [0.15, 0.2) is 5.10 Å². The molecule has 0 aromatic carbocycles.